The van der Waals surface area contributed by atoms with Crippen molar-refractivity contribution in [1.29, 1.82) is 0 Å². The topological polar surface area (TPSA) is 65.5 Å². The zero-order valence-electron chi connectivity index (χ0n) is 11.5. The minimum absolute atomic E-state index is 0.189. The van der Waals surface area contributed by atoms with Crippen molar-refractivity contribution >= 4 is 25.3 Å². The van der Waals surface area contributed by atoms with Crippen LogP contribution in [-0.2, 0) is 9.31 Å². The number of aromatic nitrogens is 1. The molecule has 1 fully saturated rings. The third kappa shape index (κ3) is 2.46. The van der Waals surface area contributed by atoms with E-state index in [0.717, 1.165) is 0 Å². The Hall–Kier alpha value is -1.53. The fourth-order valence-electron chi connectivity index (χ4n) is 1.81. The predicted octanol–water partition coefficient (Wildman–Crippen LogP) is 1.01. The van der Waals surface area contributed by atoms with Crippen molar-refractivity contribution in [1.82, 2.24) is 4.98 Å². The maximum absolute atomic E-state index is 10.9. The molecule has 0 amide bonds. The van der Waals surface area contributed by atoms with Gasteiger partial charge in [-0.05, 0) is 39.8 Å². The summed E-state index contributed by atoms with van der Waals surface area (Å²) in [7, 11) is -0.677. The summed E-state index contributed by atoms with van der Waals surface area (Å²) in [6.07, 6.45) is 1.27. The molecule has 0 atom stereocenters. The van der Waals surface area contributed by atoms with Gasteiger partial charge in [0, 0.05) is 5.56 Å². The van der Waals surface area contributed by atoms with Crippen molar-refractivity contribution in [3.63, 3.8) is 0 Å². The van der Waals surface area contributed by atoms with Crippen molar-refractivity contribution in [3.05, 3.63) is 23.4 Å². The standard InChI is InChI=1S/C13H16BNO4/c1-12(2)13(3,4)19-14(18-12)11-6-9(7-16)5-10(8-17)15-11/h5-8H,1-4H3. The highest BCUT2D eigenvalue weighted by atomic mass is 16.7. The fourth-order valence-corrected chi connectivity index (χ4v) is 1.81. The van der Waals surface area contributed by atoms with Gasteiger partial charge in [-0.15, -0.1) is 0 Å². The van der Waals surface area contributed by atoms with Crippen LogP contribution in [0.25, 0.3) is 0 Å². The average Bonchev–Trinajstić information content (AvgIpc) is 2.58. The molecule has 5 nitrogen and oxygen atoms in total. The molecule has 1 saturated heterocycles. The zero-order chi connectivity index (χ0) is 14.3. The van der Waals surface area contributed by atoms with Crippen LogP contribution in [0.5, 0.6) is 0 Å². The van der Waals surface area contributed by atoms with E-state index in [9.17, 15) is 9.59 Å². The summed E-state index contributed by atoms with van der Waals surface area (Å²) in [6, 6.07) is 3.00. The molecule has 0 spiro atoms. The molecule has 0 radical (unpaired) electrons. The van der Waals surface area contributed by atoms with E-state index in [2.05, 4.69) is 4.98 Å². The Kier molecular flexibility index (Phi) is 3.32. The molecule has 0 aromatic carbocycles. The second-order valence-electron chi connectivity index (χ2n) is 5.57. The van der Waals surface area contributed by atoms with Crippen molar-refractivity contribution in [2.45, 2.75) is 38.9 Å². The first kappa shape index (κ1) is 13.9. The van der Waals surface area contributed by atoms with Gasteiger partial charge in [-0.3, -0.25) is 14.6 Å². The first-order valence-corrected chi connectivity index (χ1v) is 6.07. The number of carbonyl (C=O) groups is 2. The highest BCUT2D eigenvalue weighted by molar-refractivity contribution is 6.61. The van der Waals surface area contributed by atoms with Gasteiger partial charge >= 0.3 is 7.12 Å². The average molecular weight is 261 g/mol. The molecule has 2 rings (SSSR count). The molecular formula is C13H16BNO4. The van der Waals surface area contributed by atoms with Gasteiger partial charge in [0.25, 0.3) is 0 Å². The van der Waals surface area contributed by atoms with E-state index >= 15 is 0 Å². The Morgan fingerprint density at radius 1 is 1.05 bits per heavy atom. The molecule has 1 aliphatic heterocycles. The van der Waals surface area contributed by atoms with Crippen molar-refractivity contribution < 1.29 is 18.9 Å². The summed E-state index contributed by atoms with van der Waals surface area (Å²) in [5.41, 5.74) is 0.0249. The van der Waals surface area contributed by atoms with E-state index in [0.29, 0.717) is 23.7 Å². The van der Waals surface area contributed by atoms with Crippen LogP contribution in [0.2, 0.25) is 0 Å². The molecule has 100 valence electrons. The second-order valence-corrected chi connectivity index (χ2v) is 5.57. The third-order valence-corrected chi connectivity index (χ3v) is 3.64. The van der Waals surface area contributed by atoms with Gasteiger partial charge in [0.05, 0.1) is 16.8 Å². The largest absolute Gasteiger partial charge is 0.514 e. The number of carbonyl (C=O) groups excluding carboxylic acids is 2. The molecule has 1 aromatic rings. The minimum atomic E-state index is -0.677. The van der Waals surface area contributed by atoms with Gasteiger partial charge in [0.15, 0.2) is 6.29 Å². The van der Waals surface area contributed by atoms with E-state index < -0.39 is 18.3 Å². The molecule has 0 bridgehead atoms. The van der Waals surface area contributed by atoms with Crippen molar-refractivity contribution in [3.8, 4) is 0 Å². The van der Waals surface area contributed by atoms with E-state index in [4.69, 9.17) is 9.31 Å². The van der Waals surface area contributed by atoms with E-state index in [1.807, 2.05) is 27.7 Å². The summed E-state index contributed by atoms with van der Waals surface area (Å²) in [4.78, 5) is 25.8. The van der Waals surface area contributed by atoms with E-state index in [-0.39, 0.29) is 5.69 Å². The van der Waals surface area contributed by atoms with E-state index in [1.165, 1.54) is 6.07 Å². The van der Waals surface area contributed by atoms with Crippen LogP contribution in [0, 0.1) is 0 Å². The second kappa shape index (κ2) is 4.54. The monoisotopic (exact) mass is 261 g/mol. The SMILES string of the molecule is CC1(C)OB(c2cc(C=O)cc(C=O)n2)OC1(C)C. The maximum Gasteiger partial charge on any atom is 0.514 e. The number of aldehydes is 2. The maximum atomic E-state index is 10.9. The molecule has 6 heteroatoms. The van der Waals surface area contributed by atoms with Gasteiger partial charge in [-0.1, -0.05) is 0 Å². The quantitative estimate of drug-likeness (QED) is 0.600. The molecule has 0 N–H and O–H groups in total. The smallest absolute Gasteiger partial charge is 0.398 e. The van der Waals surface area contributed by atoms with Crippen LogP contribution < -0.4 is 5.59 Å². The van der Waals surface area contributed by atoms with Gasteiger partial charge in [0.1, 0.15) is 12.0 Å². The zero-order valence-corrected chi connectivity index (χ0v) is 11.5. The lowest BCUT2D eigenvalue weighted by molar-refractivity contribution is 0.00578. The number of hydrogen-bond acceptors (Lipinski definition) is 5. The van der Waals surface area contributed by atoms with Crippen molar-refractivity contribution in [2.75, 3.05) is 0 Å². The number of nitrogens with zero attached hydrogens (tertiary/aromatic N) is 1. The number of rotatable bonds is 3. The predicted molar refractivity (Wildman–Crippen MR) is 70.7 cm³/mol. The molecule has 0 unspecified atom stereocenters. The Balaban J connectivity index is 2.39. The van der Waals surface area contributed by atoms with Gasteiger partial charge in [0.2, 0.25) is 0 Å². The Labute approximate surface area is 112 Å². The summed E-state index contributed by atoms with van der Waals surface area (Å²) in [5.74, 6) is 0. The first-order valence-electron chi connectivity index (χ1n) is 6.07. The Bertz CT molecular complexity index is 485. The summed E-state index contributed by atoms with van der Waals surface area (Å²) >= 11 is 0. The minimum Gasteiger partial charge on any atom is -0.398 e. The molecule has 2 heterocycles. The van der Waals surface area contributed by atoms with Crippen LogP contribution in [0.3, 0.4) is 0 Å². The van der Waals surface area contributed by atoms with Crippen LogP contribution in [0.4, 0.5) is 0 Å². The highest BCUT2D eigenvalue weighted by Gasteiger charge is 2.52. The summed E-state index contributed by atoms with van der Waals surface area (Å²) in [6.45, 7) is 7.71. The molecular weight excluding hydrogens is 245 g/mol. The first-order chi connectivity index (χ1) is 8.79. The number of hydrogen-bond donors (Lipinski definition) is 0. The highest BCUT2D eigenvalue weighted by Crippen LogP contribution is 2.36. The molecule has 0 saturated carbocycles. The molecule has 1 aromatic heterocycles. The Morgan fingerprint density at radius 2 is 1.63 bits per heavy atom. The number of pyridine rings is 1. The van der Waals surface area contributed by atoms with Crippen molar-refractivity contribution in [2.24, 2.45) is 0 Å². The Morgan fingerprint density at radius 3 is 2.11 bits per heavy atom. The van der Waals surface area contributed by atoms with E-state index in [1.54, 1.807) is 6.07 Å². The normalized spacial score (nSPS) is 20.3. The lowest BCUT2D eigenvalue weighted by Crippen LogP contribution is -2.41. The molecule has 19 heavy (non-hydrogen) atoms. The fraction of sp³-hybridized carbons (Fsp3) is 0.462. The molecule has 0 aliphatic carbocycles. The van der Waals surface area contributed by atoms with Crippen LogP contribution in [0.1, 0.15) is 48.5 Å². The van der Waals surface area contributed by atoms with Crippen LogP contribution >= 0.6 is 0 Å². The summed E-state index contributed by atoms with van der Waals surface area (Å²) in [5, 5.41) is 0. The lowest BCUT2D eigenvalue weighted by atomic mass is 9.83. The molecule has 1 aliphatic rings. The van der Waals surface area contributed by atoms with Gasteiger partial charge in [-0.25, -0.2) is 0 Å². The summed E-state index contributed by atoms with van der Waals surface area (Å²) < 4.78 is 11.7. The van der Waals surface area contributed by atoms with Crippen LogP contribution in [0.15, 0.2) is 12.1 Å². The third-order valence-electron chi connectivity index (χ3n) is 3.64. The lowest BCUT2D eigenvalue weighted by Gasteiger charge is -2.32. The van der Waals surface area contributed by atoms with Gasteiger partial charge in [-0.2, -0.15) is 0 Å². The van der Waals surface area contributed by atoms with Gasteiger partial charge < -0.3 is 9.31 Å². The van der Waals surface area contributed by atoms with Crippen LogP contribution in [-0.4, -0.2) is 35.9 Å².